The van der Waals surface area contributed by atoms with Crippen molar-refractivity contribution in [2.24, 2.45) is 11.7 Å². The smallest absolute Gasteiger partial charge is 0.337 e. The van der Waals surface area contributed by atoms with Crippen LogP contribution in [0.25, 0.3) is 0 Å². The van der Waals surface area contributed by atoms with Gasteiger partial charge in [-0.15, -0.1) is 0 Å². The summed E-state index contributed by atoms with van der Waals surface area (Å²) in [6.07, 6.45) is 1.69. The first-order valence-electron chi connectivity index (χ1n) is 8.42. The van der Waals surface area contributed by atoms with E-state index in [1.54, 1.807) is 30.0 Å². The number of nitrogens with zero attached hydrogens (tertiary/aromatic N) is 1. The molecule has 1 aliphatic rings. The van der Waals surface area contributed by atoms with Crippen LogP contribution in [-0.2, 0) is 14.3 Å². The molecular weight excluding hydrogens is 322 g/mol. The lowest BCUT2D eigenvalue weighted by Crippen LogP contribution is -2.44. The molecule has 1 atom stereocenters. The number of carbonyl (C=O) groups is 3. The van der Waals surface area contributed by atoms with E-state index in [2.05, 4.69) is 5.32 Å². The third-order valence-electron chi connectivity index (χ3n) is 4.39. The van der Waals surface area contributed by atoms with Gasteiger partial charge in [-0.25, -0.2) is 4.79 Å². The third-order valence-corrected chi connectivity index (χ3v) is 4.39. The SMILES string of the molecule is COC(=O)c1cccc(NC2CCN(C(=O)[C@H](C)CC(N)=O)CC2)c1. The van der Waals surface area contributed by atoms with Crippen LogP contribution in [0.15, 0.2) is 24.3 Å². The number of nitrogens with one attached hydrogen (secondary N) is 1. The summed E-state index contributed by atoms with van der Waals surface area (Å²) in [6, 6.07) is 7.40. The summed E-state index contributed by atoms with van der Waals surface area (Å²) in [6.45, 7) is 3.00. The summed E-state index contributed by atoms with van der Waals surface area (Å²) in [7, 11) is 1.36. The van der Waals surface area contributed by atoms with Gasteiger partial charge in [-0.05, 0) is 31.0 Å². The van der Waals surface area contributed by atoms with Crippen molar-refractivity contribution in [2.45, 2.75) is 32.2 Å². The number of rotatable bonds is 6. The largest absolute Gasteiger partial charge is 0.465 e. The second kappa shape index (κ2) is 8.50. The van der Waals surface area contributed by atoms with Gasteiger partial charge in [-0.1, -0.05) is 13.0 Å². The van der Waals surface area contributed by atoms with Crippen LogP contribution >= 0.6 is 0 Å². The van der Waals surface area contributed by atoms with Crippen LogP contribution in [0.1, 0.15) is 36.5 Å². The van der Waals surface area contributed by atoms with Crippen molar-refractivity contribution in [1.29, 1.82) is 0 Å². The number of amides is 2. The summed E-state index contributed by atoms with van der Waals surface area (Å²) >= 11 is 0. The molecule has 7 heteroatoms. The molecule has 1 fully saturated rings. The predicted octanol–water partition coefficient (Wildman–Crippen LogP) is 1.39. The number of methoxy groups -OCH3 is 1. The first-order chi connectivity index (χ1) is 11.9. The Hall–Kier alpha value is -2.57. The summed E-state index contributed by atoms with van der Waals surface area (Å²) in [5.74, 6) is -1.22. The van der Waals surface area contributed by atoms with Crippen LogP contribution in [0.4, 0.5) is 5.69 Å². The first kappa shape index (κ1) is 18.8. The minimum Gasteiger partial charge on any atom is -0.465 e. The molecule has 0 bridgehead atoms. The average Bonchev–Trinajstić information content (AvgIpc) is 2.60. The van der Waals surface area contributed by atoms with Gasteiger partial charge in [0, 0.05) is 37.2 Å². The normalized spacial score (nSPS) is 16.2. The molecule has 25 heavy (non-hydrogen) atoms. The van der Waals surface area contributed by atoms with Crippen molar-refractivity contribution in [3.05, 3.63) is 29.8 Å². The van der Waals surface area contributed by atoms with Gasteiger partial charge in [-0.3, -0.25) is 9.59 Å². The Morgan fingerprint density at radius 1 is 1.32 bits per heavy atom. The van der Waals surface area contributed by atoms with Gasteiger partial charge in [0.15, 0.2) is 0 Å². The summed E-state index contributed by atoms with van der Waals surface area (Å²) < 4.78 is 4.73. The van der Waals surface area contributed by atoms with Gasteiger partial charge >= 0.3 is 5.97 Å². The fraction of sp³-hybridized carbons (Fsp3) is 0.500. The van der Waals surface area contributed by atoms with Crippen molar-refractivity contribution < 1.29 is 19.1 Å². The van der Waals surface area contributed by atoms with E-state index in [1.165, 1.54) is 7.11 Å². The number of primary amides is 1. The van der Waals surface area contributed by atoms with E-state index in [0.717, 1.165) is 18.5 Å². The minimum absolute atomic E-state index is 0.0232. The molecule has 0 aromatic heterocycles. The number of ether oxygens (including phenoxy) is 1. The maximum Gasteiger partial charge on any atom is 0.337 e. The van der Waals surface area contributed by atoms with E-state index >= 15 is 0 Å². The van der Waals surface area contributed by atoms with Crippen LogP contribution in [0.2, 0.25) is 0 Å². The Bertz CT molecular complexity index is 639. The van der Waals surface area contributed by atoms with E-state index in [1.807, 2.05) is 6.07 Å². The van der Waals surface area contributed by atoms with Gasteiger partial charge in [0.25, 0.3) is 0 Å². The molecule has 1 heterocycles. The molecule has 1 aromatic rings. The van der Waals surface area contributed by atoms with Crippen LogP contribution in [0.3, 0.4) is 0 Å². The third kappa shape index (κ3) is 5.20. The molecule has 0 aliphatic carbocycles. The zero-order chi connectivity index (χ0) is 18.4. The highest BCUT2D eigenvalue weighted by Gasteiger charge is 2.26. The fourth-order valence-electron chi connectivity index (χ4n) is 3.03. The highest BCUT2D eigenvalue weighted by atomic mass is 16.5. The lowest BCUT2D eigenvalue weighted by molar-refractivity contribution is -0.138. The molecule has 1 saturated heterocycles. The highest BCUT2D eigenvalue weighted by molar-refractivity contribution is 5.90. The van der Waals surface area contributed by atoms with Crippen molar-refractivity contribution in [2.75, 3.05) is 25.5 Å². The van der Waals surface area contributed by atoms with E-state index in [4.69, 9.17) is 10.5 Å². The standard InChI is InChI=1S/C18H25N3O4/c1-12(10-16(19)22)17(23)21-8-6-14(7-9-21)20-15-5-3-4-13(11-15)18(24)25-2/h3-5,11-12,14,20H,6-10H2,1-2H3,(H2,19,22)/t12-/m1/s1. The van der Waals surface area contributed by atoms with Crippen molar-refractivity contribution in [3.8, 4) is 0 Å². The second-order valence-electron chi connectivity index (χ2n) is 6.39. The maximum absolute atomic E-state index is 12.3. The molecule has 0 spiro atoms. The number of nitrogens with two attached hydrogens (primary N) is 1. The minimum atomic E-state index is -0.456. The molecule has 2 amide bonds. The van der Waals surface area contributed by atoms with Gasteiger partial charge in [-0.2, -0.15) is 0 Å². The number of hydrogen-bond acceptors (Lipinski definition) is 5. The Morgan fingerprint density at radius 3 is 2.60 bits per heavy atom. The quantitative estimate of drug-likeness (QED) is 0.757. The first-order valence-corrected chi connectivity index (χ1v) is 8.42. The Labute approximate surface area is 147 Å². The van der Waals surface area contributed by atoms with Crippen molar-refractivity contribution in [1.82, 2.24) is 4.90 Å². The van der Waals surface area contributed by atoms with Crippen LogP contribution in [0, 0.1) is 5.92 Å². The summed E-state index contributed by atoms with van der Waals surface area (Å²) in [5, 5.41) is 3.40. The molecule has 0 radical (unpaired) electrons. The zero-order valence-corrected chi connectivity index (χ0v) is 14.7. The lowest BCUT2D eigenvalue weighted by atomic mass is 10.0. The monoisotopic (exact) mass is 347 g/mol. The zero-order valence-electron chi connectivity index (χ0n) is 14.7. The number of likely N-dealkylation sites (tertiary alicyclic amines) is 1. The van der Waals surface area contributed by atoms with Crippen molar-refractivity contribution >= 4 is 23.5 Å². The van der Waals surface area contributed by atoms with E-state index in [-0.39, 0.29) is 30.3 Å². The molecule has 136 valence electrons. The lowest BCUT2D eigenvalue weighted by Gasteiger charge is -2.34. The Balaban J connectivity index is 1.87. The van der Waals surface area contributed by atoms with E-state index < -0.39 is 5.91 Å². The molecule has 1 aliphatic heterocycles. The number of carbonyl (C=O) groups excluding carboxylic acids is 3. The Morgan fingerprint density at radius 2 is 2.00 bits per heavy atom. The number of piperidine rings is 1. The average molecular weight is 347 g/mol. The topological polar surface area (TPSA) is 102 Å². The molecular formula is C18H25N3O4. The second-order valence-corrected chi connectivity index (χ2v) is 6.39. The Kier molecular flexibility index (Phi) is 6.38. The van der Waals surface area contributed by atoms with E-state index in [0.29, 0.717) is 18.7 Å². The fourth-order valence-corrected chi connectivity index (χ4v) is 3.03. The maximum atomic E-state index is 12.3. The number of esters is 1. The molecule has 0 unspecified atom stereocenters. The van der Waals surface area contributed by atoms with Gasteiger partial charge < -0.3 is 20.7 Å². The molecule has 3 N–H and O–H groups in total. The highest BCUT2D eigenvalue weighted by Crippen LogP contribution is 2.20. The van der Waals surface area contributed by atoms with Crippen LogP contribution in [-0.4, -0.2) is 48.9 Å². The van der Waals surface area contributed by atoms with Crippen LogP contribution in [0.5, 0.6) is 0 Å². The number of anilines is 1. The molecule has 1 aromatic carbocycles. The van der Waals surface area contributed by atoms with Gasteiger partial charge in [0.2, 0.25) is 11.8 Å². The van der Waals surface area contributed by atoms with Gasteiger partial charge in [0.05, 0.1) is 12.7 Å². The molecule has 0 saturated carbocycles. The van der Waals surface area contributed by atoms with E-state index in [9.17, 15) is 14.4 Å². The number of hydrogen-bond donors (Lipinski definition) is 2. The van der Waals surface area contributed by atoms with Crippen LogP contribution < -0.4 is 11.1 Å². The molecule has 7 nitrogen and oxygen atoms in total. The molecule has 2 rings (SSSR count). The summed E-state index contributed by atoms with van der Waals surface area (Å²) in [4.78, 5) is 36.6. The van der Waals surface area contributed by atoms with Crippen molar-refractivity contribution in [3.63, 3.8) is 0 Å². The summed E-state index contributed by atoms with van der Waals surface area (Å²) in [5.41, 5.74) is 6.52. The van der Waals surface area contributed by atoms with Gasteiger partial charge in [0.1, 0.15) is 0 Å². The number of benzene rings is 1. The predicted molar refractivity (Wildman–Crippen MR) is 94.0 cm³/mol.